The Labute approximate surface area is 236 Å². The van der Waals surface area contributed by atoms with Gasteiger partial charge in [0.25, 0.3) is 10.0 Å². The highest BCUT2D eigenvalue weighted by atomic mass is 35.5. The molecule has 0 heterocycles. The zero-order chi connectivity index (χ0) is 29.7. The molecule has 214 valence electrons. The lowest BCUT2D eigenvalue weighted by molar-refractivity contribution is -0.139. The summed E-state index contributed by atoms with van der Waals surface area (Å²) in [6.45, 7) is 4.02. The van der Waals surface area contributed by atoms with Crippen molar-refractivity contribution < 1.29 is 31.2 Å². The Balaban J connectivity index is 2.12. The van der Waals surface area contributed by atoms with Crippen LogP contribution in [0.5, 0.6) is 0 Å². The number of nitrogens with one attached hydrogen (secondary N) is 1. The first kappa shape index (κ1) is 31.0. The third kappa shape index (κ3) is 7.54. The van der Waals surface area contributed by atoms with Crippen LogP contribution in [-0.2, 0) is 32.3 Å². The lowest BCUT2D eigenvalue weighted by Crippen LogP contribution is -2.52. The van der Waals surface area contributed by atoms with Crippen LogP contribution in [0.3, 0.4) is 0 Å². The number of carbonyl (C=O) groups is 2. The molecule has 12 heteroatoms. The summed E-state index contributed by atoms with van der Waals surface area (Å²) in [6.07, 6.45) is -4.80. The molecule has 2 amide bonds. The minimum Gasteiger partial charge on any atom is -0.352 e. The molecular weight excluding hydrogens is 567 g/mol. The summed E-state index contributed by atoms with van der Waals surface area (Å²) in [5.41, 5.74) is -0.999. The largest absolute Gasteiger partial charge is 0.416 e. The van der Waals surface area contributed by atoms with E-state index >= 15 is 0 Å². The van der Waals surface area contributed by atoms with Crippen LogP contribution in [0.25, 0.3) is 0 Å². The van der Waals surface area contributed by atoms with Gasteiger partial charge in [0.2, 0.25) is 11.8 Å². The molecule has 3 rings (SSSR count). The molecule has 0 aliphatic heterocycles. The molecule has 0 aliphatic carbocycles. The van der Waals surface area contributed by atoms with E-state index in [1.807, 2.05) is 0 Å². The minimum absolute atomic E-state index is 0.0537. The van der Waals surface area contributed by atoms with Crippen molar-refractivity contribution in [1.29, 1.82) is 0 Å². The van der Waals surface area contributed by atoms with Gasteiger partial charge in [-0.15, -0.1) is 0 Å². The van der Waals surface area contributed by atoms with Crippen molar-refractivity contribution in [2.45, 2.75) is 50.5 Å². The summed E-state index contributed by atoms with van der Waals surface area (Å²) < 4.78 is 68.8. The number of benzene rings is 3. The zero-order valence-electron chi connectivity index (χ0n) is 22.0. The van der Waals surface area contributed by atoms with Gasteiger partial charge >= 0.3 is 6.18 Å². The Kier molecular flexibility index (Phi) is 9.86. The van der Waals surface area contributed by atoms with E-state index in [2.05, 4.69) is 5.32 Å². The second-order valence-corrected chi connectivity index (χ2v) is 11.6. The van der Waals surface area contributed by atoms with Crippen molar-refractivity contribution in [3.63, 3.8) is 0 Å². The van der Waals surface area contributed by atoms with E-state index in [-0.39, 0.29) is 22.5 Å². The van der Waals surface area contributed by atoms with Crippen LogP contribution in [0.2, 0.25) is 5.02 Å². The van der Waals surface area contributed by atoms with E-state index in [4.69, 9.17) is 11.6 Å². The van der Waals surface area contributed by atoms with E-state index in [1.54, 1.807) is 50.2 Å². The van der Waals surface area contributed by atoms with Gasteiger partial charge in [0, 0.05) is 12.6 Å². The summed E-state index contributed by atoms with van der Waals surface area (Å²) in [5.74, 6) is -1.29. The SMILES string of the molecule is CC(C)NC(=O)[C@@H](C)N(Cc1ccccc1)C(=O)CN(c1cc(C(F)(F)F)ccc1Cl)S(=O)(=O)c1ccccc1. The van der Waals surface area contributed by atoms with E-state index in [0.29, 0.717) is 15.9 Å². The molecule has 0 aliphatic rings. The molecule has 1 N–H and O–H groups in total. The average molecular weight is 596 g/mol. The lowest BCUT2D eigenvalue weighted by Gasteiger charge is -2.32. The molecule has 0 aromatic heterocycles. The number of anilines is 1. The molecule has 3 aromatic carbocycles. The number of alkyl halides is 3. The summed E-state index contributed by atoms with van der Waals surface area (Å²) >= 11 is 6.24. The maximum atomic E-state index is 13.8. The smallest absolute Gasteiger partial charge is 0.352 e. The predicted octanol–water partition coefficient (Wildman–Crippen LogP) is 5.50. The van der Waals surface area contributed by atoms with Gasteiger partial charge in [-0.2, -0.15) is 13.2 Å². The Morgan fingerprint density at radius 1 is 0.925 bits per heavy atom. The number of nitrogens with zero attached hydrogens (tertiary/aromatic N) is 2. The number of halogens is 4. The van der Waals surface area contributed by atoms with Crippen LogP contribution in [0.4, 0.5) is 18.9 Å². The molecule has 0 saturated heterocycles. The normalized spacial score (nSPS) is 12.6. The number of sulfonamides is 1. The minimum atomic E-state index is -4.80. The average Bonchev–Trinajstić information content (AvgIpc) is 2.90. The first-order chi connectivity index (χ1) is 18.7. The molecule has 0 spiro atoms. The zero-order valence-corrected chi connectivity index (χ0v) is 23.6. The van der Waals surface area contributed by atoms with Crippen LogP contribution in [-0.4, -0.2) is 43.8 Å². The van der Waals surface area contributed by atoms with Crippen LogP contribution >= 0.6 is 11.6 Å². The highest BCUT2D eigenvalue weighted by Crippen LogP contribution is 2.37. The number of rotatable bonds is 10. The molecule has 7 nitrogen and oxygen atoms in total. The summed E-state index contributed by atoms with van der Waals surface area (Å²) in [4.78, 5) is 27.6. The summed E-state index contributed by atoms with van der Waals surface area (Å²) in [5, 5.41) is 2.42. The van der Waals surface area contributed by atoms with Gasteiger partial charge < -0.3 is 10.2 Å². The van der Waals surface area contributed by atoms with Crippen molar-refractivity contribution in [3.8, 4) is 0 Å². The fourth-order valence-electron chi connectivity index (χ4n) is 3.88. The molecule has 40 heavy (non-hydrogen) atoms. The van der Waals surface area contributed by atoms with Gasteiger partial charge in [-0.3, -0.25) is 13.9 Å². The van der Waals surface area contributed by atoms with E-state index in [0.717, 1.165) is 12.1 Å². The standard InChI is InChI=1S/C28H29ClF3N3O4S/c1-19(2)33-27(37)20(3)34(17-21-10-6-4-7-11-21)26(36)18-35(40(38,39)23-12-8-5-9-13-23)25-16-22(28(30,31)32)14-15-24(25)29/h4-16,19-20H,17-18H2,1-3H3,(H,33,37)/t20-/m1/s1. The van der Waals surface area contributed by atoms with Gasteiger partial charge in [0.15, 0.2) is 0 Å². The van der Waals surface area contributed by atoms with Gasteiger partial charge in [-0.25, -0.2) is 8.42 Å². The highest BCUT2D eigenvalue weighted by Gasteiger charge is 2.36. The van der Waals surface area contributed by atoms with Crippen molar-refractivity contribution in [2.24, 2.45) is 0 Å². The Bertz CT molecular complexity index is 1440. The quantitative estimate of drug-likeness (QED) is 0.336. The van der Waals surface area contributed by atoms with Crippen LogP contribution < -0.4 is 9.62 Å². The Morgan fingerprint density at radius 2 is 1.50 bits per heavy atom. The fraction of sp³-hybridized carbons (Fsp3) is 0.286. The molecule has 0 bridgehead atoms. The van der Waals surface area contributed by atoms with Crippen LogP contribution in [0.1, 0.15) is 31.9 Å². The second-order valence-electron chi connectivity index (χ2n) is 9.34. The van der Waals surface area contributed by atoms with Crippen molar-refractivity contribution >= 4 is 39.1 Å². The number of hydrogen-bond acceptors (Lipinski definition) is 4. The number of hydrogen-bond donors (Lipinski definition) is 1. The number of amides is 2. The van der Waals surface area contributed by atoms with E-state index in [1.165, 1.54) is 36.1 Å². The molecular formula is C28H29ClF3N3O4S. The summed E-state index contributed by atoms with van der Waals surface area (Å²) in [7, 11) is -4.57. The molecule has 0 saturated carbocycles. The van der Waals surface area contributed by atoms with Gasteiger partial charge in [0.1, 0.15) is 12.6 Å². The lowest BCUT2D eigenvalue weighted by atomic mass is 10.1. The van der Waals surface area contributed by atoms with Gasteiger partial charge in [-0.05, 0) is 56.7 Å². The van der Waals surface area contributed by atoms with Crippen LogP contribution in [0.15, 0.2) is 83.8 Å². The topological polar surface area (TPSA) is 86.8 Å². The third-order valence-electron chi connectivity index (χ3n) is 5.95. The molecule has 0 unspecified atom stereocenters. The fourth-order valence-corrected chi connectivity index (χ4v) is 5.60. The predicted molar refractivity (Wildman–Crippen MR) is 147 cm³/mol. The van der Waals surface area contributed by atoms with Gasteiger partial charge in [-0.1, -0.05) is 60.1 Å². The maximum Gasteiger partial charge on any atom is 0.416 e. The second kappa shape index (κ2) is 12.7. The first-order valence-corrected chi connectivity index (χ1v) is 14.1. The highest BCUT2D eigenvalue weighted by molar-refractivity contribution is 7.92. The monoisotopic (exact) mass is 595 g/mol. The molecule has 3 aromatic rings. The van der Waals surface area contributed by atoms with E-state index in [9.17, 15) is 31.2 Å². The van der Waals surface area contributed by atoms with Crippen LogP contribution in [0, 0.1) is 0 Å². The molecule has 0 fully saturated rings. The maximum absolute atomic E-state index is 13.8. The summed E-state index contributed by atoms with van der Waals surface area (Å²) in [6, 6.07) is 16.7. The molecule has 0 radical (unpaired) electrons. The van der Waals surface area contributed by atoms with Crippen molar-refractivity contribution in [3.05, 3.63) is 95.0 Å². The molecule has 1 atom stereocenters. The van der Waals surface area contributed by atoms with Crippen molar-refractivity contribution in [2.75, 3.05) is 10.8 Å². The Morgan fingerprint density at radius 3 is 2.05 bits per heavy atom. The van der Waals surface area contributed by atoms with Gasteiger partial charge in [0.05, 0.1) is 21.2 Å². The number of carbonyl (C=O) groups excluding carboxylic acids is 2. The van der Waals surface area contributed by atoms with E-state index < -0.39 is 51.9 Å². The Hall–Kier alpha value is -3.57. The third-order valence-corrected chi connectivity index (χ3v) is 8.04. The first-order valence-electron chi connectivity index (χ1n) is 12.3. The van der Waals surface area contributed by atoms with Crippen molar-refractivity contribution in [1.82, 2.24) is 10.2 Å².